The maximum atomic E-state index is 13.2. The summed E-state index contributed by atoms with van der Waals surface area (Å²) in [5, 5.41) is 0. The van der Waals surface area contributed by atoms with Crippen LogP contribution in [0, 0.1) is 5.82 Å². The van der Waals surface area contributed by atoms with Crippen LogP contribution in [0.15, 0.2) is 18.2 Å². The zero-order chi connectivity index (χ0) is 16.4. The zero-order valence-corrected chi connectivity index (χ0v) is 13.7. The number of hydrogen-bond acceptors (Lipinski definition) is 4. The SMILES string of the molecule is CCS(=O)(=O)NC1CCC(Oc2nc3ccc(F)cc3[nH]2)CC1. The molecule has 2 aromatic rings. The number of nitrogens with one attached hydrogen (secondary N) is 2. The minimum Gasteiger partial charge on any atom is -0.461 e. The lowest BCUT2D eigenvalue weighted by atomic mass is 9.94. The third kappa shape index (κ3) is 4.00. The minimum atomic E-state index is -3.16. The summed E-state index contributed by atoms with van der Waals surface area (Å²) in [4.78, 5) is 7.24. The van der Waals surface area contributed by atoms with Crippen molar-refractivity contribution in [2.24, 2.45) is 0 Å². The molecule has 0 amide bonds. The molecule has 0 spiro atoms. The molecule has 2 N–H and O–H groups in total. The summed E-state index contributed by atoms with van der Waals surface area (Å²) in [5.41, 5.74) is 1.26. The highest BCUT2D eigenvalue weighted by molar-refractivity contribution is 7.89. The van der Waals surface area contributed by atoms with Gasteiger partial charge in [-0.3, -0.25) is 0 Å². The number of halogens is 1. The molecule has 126 valence electrons. The van der Waals surface area contributed by atoms with Gasteiger partial charge in [0, 0.05) is 6.04 Å². The fourth-order valence-corrected chi connectivity index (χ4v) is 3.72. The van der Waals surface area contributed by atoms with Crippen molar-refractivity contribution in [3.05, 3.63) is 24.0 Å². The first-order valence-corrected chi connectivity index (χ1v) is 9.42. The monoisotopic (exact) mass is 341 g/mol. The van der Waals surface area contributed by atoms with Gasteiger partial charge in [0.2, 0.25) is 10.0 Å². The molecule has 1 fully saturated rings. The van der Waals surface area contributed by atoms with E-state index in [-0.39, 0.29) is 23.7 Å². The number of sulfonamides is 1. The molecule has 6 nitrogen and oxygen atoms in total. The quantitative estimate of drug-likeness (QED) is 0.874. The molecule has 1 heterocycles. The van der Waals surface area contributed by atoms with Gasteiger partial charge in [-0.1, -0.05) is 0 Å². The van der Waals surface area contributed by atoms with E-state index in [1.807, 2.05) is 0 Å². The van der Waals surface area contributed by atoms with Crippen LogP contribution in [0.25, 0.3) is 11.0 Å². The van der Waals surface area contributed by atoms with Gasteiger partial charge in [-0.2, -0.15) is 4.98 Å². The summed E-state index contributed by atoms with van der Waals surface area (Å²) in [6, 6.07) is 4.70. The highest BCUT2D eigenvalue weighted by Gasteiger charge is 2.25. The Kier molecular flexibility index (Phi) is 4.54. The molecular weight excluding hydrogens is 321 g/mol. The lowest BCUT2D eigenvalue weighted by Gasteiger charge is -2.28. The molecule has 0 unspecified atom stereocenters. The average Bonchev–Trinajstić information content (AvgIpc) is 2.90. The van der Waals surface area contributed by atoms with Gasteiger partial charge in [0.05, 0.1) is 16.8 Å². The Morgan fingerprint density at radius 2 is 2.09 bits per heavy atom. The van der Waals surface area contributed by atoms with Crippen molar-refractivity contribution >= 4 is 21.1 Å². The summed E-state index contributed by atoms with van der Waals surface area (Å²) in [6.45, 7) is 1.63. The van der Waals surface area contributed by atoms with Gasteiger partial charge in [0.1, 0.15) is 11.9 Å². The first-order valence-electron chi connectivity index (χ1n) is 7.77. The van der Waals surface area contributed by atoms with Crippen LogP contribution in [0.4, 0.5) is 4.39 Å². The van der Waals surface area contributed by atoms with Crippen LogP contribution in [0.2, 0.25) is 0 Å². The van der Waals surface area contributed by atoms with Gasteiger partial charge in [-0.25, -0.2) is 17.5 Å². The van der Waals surface area contributed by atoms with Crippen molar-refractivity contribution < 1.29 is 17.5 Å². The fourth-order valence-electron chi connectivity index (χ4n) is 2.81. The number of benzene rings is 1. The number of H-pyrrole nitrogens is 1. The van der Waals surface area contributed by atoms with E-state index in [9.17, 15) is 12.8 Å². The van der Waals surface area contributed by atoms with Crippen molar-refractivity contribution in [1.29, 1.82) is 0 Å². The van der Waals surface area contributed by atoms with Crippen LogP contribution >= 0.6 is 0 Å². The Labute approximate surface area is 134 Å². The summed E-state index contributed by atoms with van der Waals surface area (Å²) >= 11 is 0. The number of aromatic amines is 1. The molecule has 0 aliphatic heterocycles. The third-order valence-corrected chi connectivity index (χ3v) is 5.55. The summed E-state index contributed by atoms with van der Waals surface area (Å²) < 4.78 is 44.9. The van der Waals surface area contributed by atoms with Crippen LogP contribution in [0.5, 0.6) is 6.01 Å². The molecule has 3 rings (SSSR count). The summed E-state index contributed by atoms with van der Waals surface area (Å²) in [6.07, 6.45) is 2.96. The molecule has 1 aliphatic rings. The Balaban J connectivity index is 1.57. The van der Waals surface area contributed by atoms with Crippen molar-refractivity contribution in [2.75, 3.05) is 5.75 Å². The predicted molar refractivity (Wildman–Crippen MR) is 85.3 cm³/mol. The maximum absolute atomic E-state index is 13.2. The van der Waals surface area contributed by atoms with E-state index in [4.69, 9.17) is 4.74 Å². The molecule has 1 saturated carbocycles. The zero-order valence-electron chi connectivity index (χ0n) is 12.9. The van der Waals surface area contributed by atoms with Crippen molar-refractivity contribution in [3.63, 3.8) is 0 Å². The normalized spacial score (nSPS) is 22.3. The summed E-state index contributed by atoms with van der Waals surface area (Å²) in [5.74, 6) is -0.227. The van der Waals surface area contributed by atoms with Crippen molar-refractivity contribution in [1.82, 2.24) is 14.7 Å². The number of fused-ring (bicyclic) bond motifs is 1. The number of nitrogens with zero attached hydrogens (tertiary/aromatic N) is 1. The minimum absolute atomic E-state index is 0.0113. The number of imidazole rings is 1. The van der Waals surface area contributed by atoms with E-state index < -0.39 is 10.0 Å². The fraction of sp³-hybridized carbons (Fsp3) is 0.533. The first-order chi connectivity index (χ1) is 10.9. The molecular formula is C15H20FN3O3S. The lowest BCUT2D eigenvalue weighted by Crippen LogP contribution is -2.40. The molecule has 0 saturated heterocycles. The van der Waals surface area contributed by atoms with Crippen LogP contribution in [0.3, 0.4) is 0 Å². The third-order valence-electron chi connectivity index (χ3n) is 4.10. The van der Waals surface area contributed by atoms with E-state index in [0.29, 0.717) is 17.0 Å². The highest BCUT2D eigenvalue weighted by Crippen LogP contribution is 2.24. The Morgan fingerprint density at radius 3 is 2.78 bits per heavy atom. The molecule has 1 aromatic heterocycles. The van der Waals surface area contributed by atoms with E-state index >= 15 is 0 Å². The molecule has 8 heteroatoms. The van der Waals surface area contributed by atoms with Gasteiger partial charge >= 0.3 is 0 Å². The first kappa shape index (κ1) is 16.2. The predicted octanol–water partition coefficient (Wildman–Crippen LogP) is 2.33. The molecule has 1 aliphatic carbocycles. The van der Waals surface area contributed by atoms with Crippen LogP contribution in [-0.2, 0) is 10.0 Å². The second-order valence-corrected chi connectivity index (χ2v) is 7.86. The smallest absolute Gasteiger partial charge is 0.294 e. The topological polar surface area (TPSA) is 84.1 Å². The van der Waals surface area contributed by atoms with Crippen LogP contribution in [-0.4, -0.2) is 36.3 Å². The molecule has 0 atom stereocenters. The van der Waals surface area contributed by atoms with Crippen molar-refractivity contribution in [2.45, 2.75) is 44.8 Å². The summed E-state index contributed by atoms with van der Waals surface area (Å²) in [7, 11) is -3.16. The van der Waals surface area contributed by atoms with Gasteiger partial charge in [0.25, 0.3) is 6.01 Å². The number of hydrogen-bond donors (Lipinski definition) is 2. The Morgan fingerprint density at radius 1 is 1.35 bits per heavy atom. The van der Waals surface area contributed by atoms with E-state index in [0.717, 1.165) is 25.7 Å². The number of ether oxygens (including phenoxy) is 1. The van der Waals surface area contributed by atoms with Crippen molar-refractivity contribution in [3.8, 4) is 6.01 Å². The van der Waals surface area contributed by atoms with E-state index in [1.165, 1.54) is 12.1 Å². The van der Waals surface area contributed by atoms with Gasteiger partial charge in [0.15, 0.2) is 0 Å². The van der Waals surface area contributed by atoms with Crippen LogP contribution < -0.4 is 9.46 Å². The van der Waals surface area contributed by atoms with E-state index in [1.54, 1.807) is 13.0 Å². The lowest BCUT2D eigenvalue weighted by molar-refractivity contribution is 0.134. The largest absolute Gasteiger partial charge is 0.461 e. The average molecular weight is 341 g/mol. The van der Waals surface area contributed by atoms with Crippen LogP contribution in [0.1, 0.15) is 32.6 Å². The molecule has 1 aromatic carbocycles. The van der Waals surface area contributed by atoms with Gasteiger partial charge in [-0.15, -0.1) is 0 Å². The Hall–Kier alpha value is -1.67. The van der Waals surface area contributed by atoms with E-state index in [2.05, 4.69) is 14.7 Å². The second kappa shape index (κ2) is 6.45. The number of aromatic nitrogens is 2. The molecule has 0 radical (unpaired) electrons. The molecule has 23 heavy (non-hydrogen) atoms. The maximum Gasteiger partial charge on any atom is 0.294 e. The van der Waals surface area contributed by atoms with Gasteiger partial charge in [-0.05, 0) is 50.8 Å². The Bertz CT molecular complexity index is 782. The van der Waals surface area contributed by atoms with Gasteiger partial charge < -0.3 is 9.72 Å². The number of rotatable bonds is 5. The standard InChI is InChI=1S/C15H20FN3O3S/c1-2-23(20,21)19-11-4-6-12(7-5-11)22-15-17-13-8-3-10(16)9-14(13)18-15/h3,8-9,11-12,19H,2,4-7H2,1H3,(H,17,18). The highest BCUT2D eigenvalue weighted by atomic mass is 32.2. The second-order valence-electron chi connectivity index (χ2n) is 5.82. The molecule has 0 bridgehead atoms.